The van der Waals surface area contributed by atoms with Crippen molar-refractivity contribution in [2.45, 2.75) is 39.0 Å². The molecule has 0 spiro atoms. The molecule has 7 heteroatoms. The first-order valence-electron chi connectivity index (χ1n) is 9.39. The van der Waals surface area contributed by atoms with Crippen LogP contribution in [0.4, 0.5) is 0 Å². The number of nitrogens with zero attached hydrogens (tertiary/aromatic N) is 3. The van der Waals surface area contributed by atoms with Crippen LogP contribution in [0.3, 0.4) is 0 Å². The molecule has 1 aromatic heterocycles. The van der Waals surface area contributed by atoms with E-state index in [1.807, 2.05) is 11.0 Å². The van der Waals surface area contributed by atoms with Crippen LogP contribution in [0, 0.1) is 5.92 Å². The Balaban J connectivity index is 1.35. The van der Waals surface area contributed by atoms with Gasteiger partial charge >= 0.3 is 0 Å². The van der Waals surface area contributed by atoms with Crippen LogP contribution in [-0.2, 0) is 4.79 Å². The summed E-state index contributed by atoms with van der Waals surface area (Å²) in [6.45, 7) is 8.90. The minimum absolute atomic E-state index is 0.137. The number of hydrogen-bond acceptors (Lipinski definition) is 4. The second kappa shape index (κ2) is 7.99. The first-order chi connectivity index (χ1) is 12.0. The molecule has 1 aromatic rings. The predicted octanol–water partition coefficient (Wildman–Crippen LogP) is 1.21. The van der Waals surface area contributed by atoms with Gasteiger partial charge in [0.2, 0.25) is 5.91 Å². The van der Waals surface area contributed by atoms with Gasteiger partial charge in [0, 0.05) is 50.9 Å². The van der Waals surface area contributed by atoms with Crippen LogP contribution in [0.25, 0.3) is 0 Å². The highest BCUT2D eigenvalue weighted by atomic mass is 16.2. The van der Waals surface area contributed by atoms with Crippen molar-refractivity contribution in [2.75, 3.05) is 39.3 Å². The largest absolute Gasteiger partial charge is 0.349 e. The Morgan fingerprint density at radius 1 is 1.28 bits per heavy atom. The zero-order valence-electron chi connectivity index (χ0n) is 15.3. The molecule has 2 N–H and O–H groups in total. The molecule has 0 unspecified atom stereocenters. The molecule has 0 aromatic carbocycles. The van der Waals surface area contributed by atoms with Gasteiger partial charge in [0.1, 0.15) is 5.69 Å². The molecule has 2 heterocycles. The van der Waals surface area contributed by atoms with Crippen molar-refractivity contribution in [3.8, 4) is 0 Å². The molecule has 0 atom stereocenters. The van der Waals surface area contributed by atoms with Crippen LogP contribution in [0.1, 0.15) is 55.2 Å². The third kappa shape index (κ3) is 4.39. The van der Waals surface area contributed by atoms with Gasteiger partial charge in [0.15, 0.2) is 0 Å². The molecule has 0 bridgehead atoms. The number of H-pyrrole nitrogens is 1. The highest BCUT2D eigenvalue weighted by Gasteiger charge is 2.31. The molecule has 1 saturated heterocycles. The molecule has 138 valence electrons. The second-order valence-corrected chi connectivity index (χ2v) is 7.41. The summed E-state index contributed by atoms with van der Waals surface area (Å²) in [5, 5.41) is 9.89. The molecule has 0 radical (unpaired) electrons. The summed E-state index contributed by atoms with van der Waals surface area (Å²) in [4.78, 5) is 28.7. The minimum atomic E-state index is -0.137. The number of amides is 2. The van der Waals surface area contributed by atoms with E-state index in [0.717, 1.165) is 51.3 Å². The van der Waals surface area contributed by atoms with E-state index in [1.54, 1.807) is 0 Å². The lowest BCUT2D eigenvalue weighted by Crippen LogP contribution is -2.52. The molecule has 7 nitrogen and oxygen atoms in total. The van der Waals surface area contributed by atoms with Crippen molar-refractivity contribution >= 4 is 11.8 Å². The van der Waals surface area contributed by atoms with Crippen molar-refractivity contribution in [3.05, 3.63) is 17.5 Å². The number of nitrogens with one attached hydrogen (secondary N) is 2. The lowest BCUT2D eigenvalue weighted by Gasteiger charge is -2.38. The first-order valence-corrected chi connectivity index (χ1v) is 9.39. The van der Waals surface area contributed by atoms with Gasteiger partial charge in [0.05, 0.1) is 0 Å². The fraction of sp³-hybridized carbons (Fsp3) is 0.722. The summed E-state index contributed by atoms with van der Waals surface area (Å²) < 4.78 is 0. The quantitative estimate of drug-likeness (QED) is 0.810. The van der Waals surface area contributed by atoms with Crippen LogP contribution in [-0.4, -0.2) is 71.1 Å². The summed E-state index contributed by atoms with van der Waals surface area (Å²) >= 11 is 0. The molecule has 25 heavy (non-hydrogen) atoms. The summed E-state index contributed by atoms with van der Waals surface area (Å²) in [7, 11) is 0. The summed E-state index contributed by atoms with van der Waals surface area (Å²) in [5.41, 5.74) is 1.41. The number of aromatic amines is 1. The maximum Gasteiger partial charge on any atom is 0.271 e. The summed E-state index contributed by atoms with van der Waals surface area (Å²) in [5.74, 6) is 0.823. The maximum atomic E-state index is 12.2. The summed E-state index contributed by atoms with van der Waals surface area (Å²) in [6.07, 6.45) is 3.33. The maximum absolute atomic E-state index is 12.2. The van der Waals surface area contributed by atoms with E-state index < -0.39 is 0 Å². The Morgan fingerprint density at radius 3 is 2.56 bits per heavy atom. The van der Waals surface area contributed by atoms with Crippen LogP contribution >= 0.6 is 0 Å². The van der Waals surface area contributed by atoms with Crippen LogP contribution in [0.2, 0.25) is 0 Å². The van der Waals surface area contributed by atoms with E-state index in [4.69, 9.17) is 0 Å². The molecule has 1 aliphatic heterocycles. The zero-order chi connectivity index (χ0) is 17.8. The number of hydrogen-bond donors (Lipinski definition) is 2. The fourth-order valence-electron chi connectivity index (χ4n) is 3.27. The van der Waals surface area contributed by atoms with Gasteiger partial charge < -0.3 is 10.2 Å². The second-order valence-electron chi connectivity index (χ2n) is 7.41. The third-order valence-corrected chi connectivity index (χ3v) is 5.30. The average molecular weight is 347 g/mol. The van der Waals surface area contributed by atoms with E-state index in [0.29, 0.717) is 24.1 Å². The number of piperazine rings is 1. The normalized spacial score (nSPS) is 19.1. The lowest BCUT2D eigenvalue weighted by atomic mass is 9.84. The smallest absolute Gasteiger partial charge is 0.271 e. The van der Waals surface area contributed by atoms with Gasteiger partial charge in [-0.25, -0.2) is 0 Å². The number of carbonyl (C=O) groups excluding carboxylic acids is 2. The van der Waals surface area contributed by atoms with Gasteiger partial charge in [0.25, 0.3) is 5.91 Å². The zero-order valence-corrected chi connectivity index (χ0v) is 15.3. The van der Waals surface area contributed by atoms with E-state index in [-0.39, 0.29) is 11.8 Å². The van der Waals surface area contributed by atoms with Crippen molar-refractivity contribution in [3.63, 3.8) is 0 Å². The summed E-state index contributed by atoms with van der Waals surface area (Å²) in [6, 6.07) is 1.81. The van der Waals surface area contributed by atoms with E-state index in [2.05, 4.69) is 34.3 Å². The third-order valence-electron chi connectivity index (χ3n) is 5.30. The molecule has 2 aliphatic rings. The minimum Gasteiger partial charge on any atom is -0.349 e. The van der Waals surface area contributed by atoms with E-state index >= 15 is 0 Å². The van der Waals surface area contributed by atoms with E-state index in [9.17, 15) is 9.59 Å². The SMILES string of the molecule is CC(C)c1cc(C(=O)NCCN2CCN(C(=O)C3CCC3)CC2)n[nH]1. The Bertz CT molecular complexity index is 600. The lowest BCUT2D eigenvalue weighted by molar-refractivity contribution is -0.139. The highest BCUT2D eigenvalue weighted by Crippen LogP contribution is 2.28. The van der Waals surface area contributed by atoms with Crippen LogP contribution < -0.4 is 5.32 Å². The topological polar surface area (TPSA) is 81.3 Å². The molecule has 2 fully saturated rings. The predicted molar refractivity (Wildman–Crippen MR) is 95.4 cm³/mol. The van der Waals surface area contributed by atoms with Gasteiger partial charge in [-0.1, -0.05) is 20.3 Å². The van der Waals surface area contributed by atoms with Gasteiger partial charge in [-0.05, 0) is 24.8 Å². The van der Waals surface area contributed by atoms with Crippen molar-refractivity contribution in [1.82, 2.24) is 25.3 Å². The molecule has 3 rings (SSSR count). The van der Waals surface area contributed by atoms with E-state index in [1.165, 1.54) is 6.42 Å². The van der Waals surface area contributed by atoms with Crippen LogP contribution in [0.5, 0.6) is 0 Å². The van der Waals surface area contributed by atoms with Crippen molar-refractivity contribution in [1.29, 1.82) is 0 Å². The Hall–Kier alpha value is -1.89. The van der Waals surface area contributed by atoms with Gasteiger partial charge in [-0.3, -0.25) is 19.6 Å². The Labute approximate surface area is 149 Å². The number of aromatic nitrogens is 2. The molecule has 2 amide bonds. The van der Waals surface area contributed by atoms with Gasteiger partial charge in [-0.2, -0.15) is 5.10 Å². The van der Waals surface area contributed by atoms with Crippen molar-refractivity contribution in [2.24, 2.45) is 5.92 Å². The fourth-order valence-corrected chi connectivity index (χ4v) is 3.27. The number of rotatable bonds is 6. The molecular weight excluding hydrogens is 318 g/mol. The monoisotopic (exact) mass is 347 g/mol. The van der Waals surface area contributed by atoms with Gasteiger partial charge in [-0.15, -0.1) is 0 Å². The Kier molecular flexibility index (Phi) is 5.73. The molecule has 1 saturated carbocycles. The highest BCUT2D eigenvalue weighted by molar-refractivity contribution is 5.92. The standard InChI is InChI=1S/C18H29N5O2/c1-13(2)15-12-16(21-20-15)17(24)19-6-7-22-8-10-23(11-9-22)18(25)14-4-3-5-14/h12-14H,3-11H2,1-2H3,(H,19,24)(H,20,21). The Morgan fingerprint density at radius 2 is 2.00 bits per heavy atom. The molecule has 1 aliphatic carbocycles. The average Bonchev–Trinajstić information content (AvgIpc) is 3.04. The first kappa shape index (κ1) is 17.9. The number of carbonyl (C=O) groups is 2. The molecular formula is C18H29N5O2. The van der Waals surface area contributed by atoms with Crippen LogP contribution in [0.15, 0.2) is 6.07 Å². The van der Waals surface area contributed by atoms with Crippen molar-refractivity contribution < 1.29 is 9.59 Å².